The quantitative estimate of drug-likeness (QED) is 0.763. The van der Waals surface area contributed by atoms with Gasteiger partial charge < -0.3 is 14.7 Å². The molecule has 7 rings (SSSR count). The van der Waals surface area contributed by atoms with Crippen LogP contribution in [0.15, 0.2) is 33.5 Å². The minimum absolute atomic E-state index is 0.167. The highest BCUT2D eigenvalue weighted by atomic mass is 16.3. The van der Waals surface area contributed by atoms with Gasteiger partial charge in [-0.15, -0.1) is 0 Å². The maximum absolute atomic E-state index is 12.5. The van der Waals surface area contributed by atoms with Gasteiger partial charge >= 0.3 is 0 Å². The van der Waals surface area contributed by atoms with Crippen molar-refractivity contribution in [1.29, 1.82) is 0 Å². The van der Waals surface area contributed by atoms with E-state index in [0.29, 0.717) is 16.6 Å². The first-order valence-corrected chi connectivity index (χ1v) is 9.92. The number of hydrogen-bond donors (Lipinski definition) is 2. The van der Waals surface area contributed by atoms with Crippen molar-refractivity contribution in [3.8, 4) is 0 Å². The molecule has 26 heavy (non-hydrogen) atoms. The van der Waals surface area contributed by atoms with Gasteiger partial charge in [0.1, 0.15) is 17.6 Å². The number of hydrogen-bond acceptors (Lipinski definition) is 3. The van der Waals surface area contributed by atoms with Gasteiger partial charge in [-0.1, -0.05) is 12.1 Å². The van der Waals surface area contributed by atoms with E-state index in [9.17, 15) is 4.79 Å². The lowest BCUT2D eigenvalue weighted by Gasteiger charge is -2.54. The Morgan fingerprint density at radius 1 is 1.12 bits per heavy atom. The lowest BCUT2D eigenvalue weighted by molar-refractivity contribution is -0.753. The number of aromatic nitrogens is 2. The third-order valence-corrected chi connectivity index (χ3v) is 7.09. The second kappa shape index (κ2) is 5.19. The molecular formula is C21H24N3O2+. The zero-order valence-corrected chi connectivity index (χ0v) is 14.8. The Morgan fingerprint density at radius 3 is 2.54 bits per heavy atom. The highest BCUT2D eigenvalue weighted by Gasteiger charge is 2.53. The van der Waals surface area contributed by atoms with Crippen LogP contribution >= 0.6 is 0 Å². The maximum atomic E-state index is 12.5. The zero-order valence-electron chi connectivity index (χ0n) is 14.8. The minimum atomic E-state index is -0.167. The van der Waals surface area contributed by atoms with E-state index in [1.165, 1.54) is 38.5 Å². The lowest BCUT2D eigenvalue weighted by Crippen LogP contribution is -2.97. The molecule has 0 atom stereocenters. The van der Waals surface area contributed by atoms with E-state index >= 15 is 0 Å². The van der Waals surface area contributed by atoms with Gasteiger partial charge in [0.2, 0.25) is 5.58 Å². The molecule has 0 spiro atoms. The molecule has 134 valence electrons. The summed E-state index contributed by atoms with van der Waals surface area (Å²) in [5.74, 6) is 3.57. The van der Waals surface area contributed by atoms with Crippen molar-refractivity contribution >= 4 is 22.1 Å². The van der Waals surface area contributed by atoms with Crippen molar-refractivity contribution in [3.63, 3.8) is 0 Å². The van der Waals surface area contributed by atoms with Crippen molar-refractivity contribution in [1.82, 2.24) is 9.97 Å². The number of quaternary nitrogens is 1. The summed E-state index contributed by atoms with van der Waals surface area (Å²) >= 11 is 0. The number of nitrogens with one attached hydrogen (secondary N) is 1. The van der Waals surface area contributed by atoms with Gasteiger partial charge in [-0.3, -0.25) is 4.79 Å². The Kier molecular flexibility index (Phi) is 2.99. The Hall–Kier alpha value is -2.14. The van der Waals surface area contributed by atoms with E-state index in [1.807, 2.05) is 24.3 Å². The number of fused-ring (bicyclic) bond motifs is 3. The molecule has 4 saturated carbocycles. The van der Waals surface area contributed by atoms with Crippen LogP contribution in [-0.4, -0.2) is 15.5 Å². The van der Waals surface area contributed by atoms with Gasteiger partial charge in [0.15, 0.2) is 5.82 Å². The number of furan rings is 1. The molecule has 0 aliphatic heterocycles. The van der Waals surface area contributed by atoms with Crippen LogP contribution in [0.4, 0.5) is 0 Å². The molecule has 0 amide bonds. The number of aromatic amines is 1. The lowest BCUT2D eigenvalue weighted by atomic mass is 9.53. The third kappa shape index (κ3) is 2.19. The van der Waals surface area contributed by atoms with Gasteiger partial charge in [-0.05, 0) is 49.1 Å². The first kappa shape index (κ1) is 15.0. The van der Waals surface area contributed by atoms with Crippen molar-refractivity contribution in [2.75, 3.05) is 0 Å². The molecule has 4 bridgehead atoms. The number of para-hydroxylation sites is 1. The van der Waals surface area contributed by atoms with E-state index in [0.717, 1.165) is 41.1 Å². The van der Waals surface area contributed by atoms with Crippen LogP contribution < -0.4 is 10.9 Å². The van der Waals surface area contributed by atoms with E-state index in [2.05, 4.69) is 10.3 Å². The molecule has 3 aromatic rings. The summed E-state index contributed by atoms with van der Waals surface area (Å²) in [5.41, 5.74) is 1.98. The van der Waals surface area contributed by atoms with Crippen LogP contribution in [-0.2, 0) is 6.54 Å². The molecule has 2 heterocycles. The smallest absolute Gasteiger partial charge is 0.294 e. The van der Waals surface area contributed by atoms with Gasteiger partial charge in [0.25, 0.3) is 5.56 Å². The largest absolute Gasteiger partial charge is 0.449 e. The first-order chi connectivity index (χ1) is 12.7. The highest BCUT2D eigenvalue weighted by Crippen LogP contribution is 2.54. The molecule has 5 nitrogen and oxygen atoms in total. The number of nitrogens with two attached hydrogens (primary N) is 1. The Balaban J connectivity index is 1.33. The van der Waals surface area contributed by atoms with Gasteiger partial charge in [0.05, 0.1) is 5.54 Å². The van der Waals surface area contributed by atoms with E-state index < -0.39 is 0 Å². The average Bonchev–Trinajstić information content (AvgIpc) is 2.99. The molecule has 2 aromatic heterocycles. The van der Waals surface area contributed by atoms with Crippen LogP contribution in [0, 0.1) is 17.8 Å². The molecule has 0 unspecified atom stereocenters. The SMILES string of the molecule is O=c1[nH]c(C[NH2+]C23CC4CC(CC(C4)C2)C3)nc2c1oc1ccccc12. The zero-order chi connectivity index (χ0) is 17.3. The van der Waals surface area contributed by atoms with E-state index in [1.54, 1.807) is 0 Å². The van der Waals surface area contributed by atoms with Crippen LogP contribution in [0.5, 0.6) is 0 Å². The third-order valence-electron chi connectivity index (χ3n) is 7.09. The van der Waals surface area contributed by atoms with Gasteiger partial charge in [-0.25, -0.2) is 4.98 Å². The number of nitrogens with zero attached hydrogens (tertiary/aromatic N) is 1. The van der Waals surface area contributed by atoms with Crippen LogP contribution in [0.25, 0.3) is 22.1 Å². The average molecular weight is 350 g/mol. The molecule has 3 N–H and O–H groups in total. The fourth-order valence-electron chi connectivity index (χ4n) is 6.48. The standard InChI is InChI=1S/C21H23N3O2/c25-20-19-18(15-3-1-2-4-16(15)26-19)23-17(24-20)11-22-21-8-12-5-13(9-21)7-14(6-12)10-21/h1-4,12-14,22H,5-11H2,(H,23,24,25)/p+1. The Morgan fingerprint density at radius 2 is 1.81 bits per heavy atom. The molecular weight excluding hydrogens is 326 g/mol. The summed E-state index contributed by atoms with van der Waals surface area (Å²) in [7, 11) is 0. The van der Waals surface area contributed by atoms with Crippen molar-refractivity contribution in [2.45, 2.75) is 50.6 Å². The fraction of sp³-hybridized carbons (Fsp3) is 0.524. The normalized spacial score (nSPS) is 32.7. The Bertz CT molecular complexity index is 1030. The molecule has 1 aromatic carbocycles. The monoisotopic (exact) mass is 350 g/mol. The van der Waals surface area contributed by atoms with E-state index in [-0.39, 0.29) is 5.56 Å². The van der Waals surface area contributed by atoms with Crippen molar-refractivity contribution in [2.24, 2.45) is 17.8 Å². The number of benzene rings is 1. The number of rotatable bonds is 3. The molecule has 4 fully saturated rings. The maximum Gasteiger partial charge on any atom is 0.294 e. The van der Waals surface area contributed by atoms with E-state index in [4.69, 9.17) is 9.40 Å². The van der Waals surface area contributed by atoms with Gasteiger partial charge in [0, 0.05) is 24.6 Å². The first-order valence-electron chi connectivity index (χ1n) is 9.92. The van der Waals surface area contributed by atoms with Gasteiger partial charge in [-0.2, -0.15) is 0 Å². The summed E-state index contributed by atoms with van der Waals surface area (Å²) < 4.78 is 5.70. The van der Waals surface area contributed by atoms with Crippen molar-refractivity contribution < 1.29 is 9.73 Å². The molecule has 4 aliphatic carbocycles. The summed E-state index contributed by atoms with van der Waals surface area (Å²) in [6, 6.07) is 7.74. The molecule has 5 heteroatoms. The summed E-state index contributed by atoms with van der Waals surface area (Å²) in [4.78, 5) is 20.2. The van der Waals surface area contributed by atoms with Crippen LogP contribution in [0.2, 0.25) is 0 Å². The predicted octanol–water partition coefficient (Wildman–Crippen LogP) is 2.70. The molecule has 0 saturated heterocycles. The number of H-pyrrole nitrogens is 1. The van der Waals surface area contributed by atoms with Crippen LogP contribution in [0.3, 0.4) is 0 Å². The molecule has 4 aliphatic rings. The summed E-state index contributed by atoms with van der Waals surface area (Å²) in [6.07, 6.45) is 8.40. The fourth-order valence-corrected chi connectivity index (χ4v) is 6.48. The second-order valence-electron chi connectivity index (χ2n) is 8.98. The highest BCUT2D eigenvalue weighted by molar-refractivity contribution is 6.01. The minimum Gasteiger partial charge on any atom is -0.449 e. The van der Waals surface area contributed by atoms with Crippen molar-refractivity contribution in [3.05, 3.63) is 40.4 Å². The Labute approximate surface area is 151 Å². The topological polar surface area (TPSA) is 75.5 Å². The molecule has 0 radical (unpaired) electrons. The summed E-state index contributed by atoms with van der Waals surface area (Å²) in [6.45, 7) is 0.747. The second-order valence-corrected chi connectivity index (χ2v) is 8.98. The summed E-state index contributed by atoms with van der Waals surface area (Å²) in [5, 5.41) is 3.41. The predicted molar refractivity (Wildman–Crippen MR) is 98.7 cm³/mol. The van der Waals surface area contributed by atoms with Crippen LogP contribution in [0.1, 0.15) is 44.3 Å².